The number of rotatable bonds is 11. The van der Waals surface area contributed by atoms with E-state index in [1.165, 1.54) is 22.5 Å². The van der Waals surface area contributed by atoms with Crippen molar-refractivity contribution >= 4 is 41.7 Å². The number of ether oxygens (including phenoxy) is 2. The van der Waals surface area contributed by atoms with E-state index in [9.17, 15) is 24.4 Å². The minimum Gasteiger partial charge on any atom is -0.387 e. The molecule has 40 heavy (non-hydrogen) atoms. The van der Waals surface area contributed by atoms with Crippen LogP contribution in [0.3, 0.4) is 0 Å². The van der Waals surface area contributed by atoms with E-state index in [4.69, 9.17) is 24.3 Å². The Morgan fingerprint density at radius 1 is 1.38 bits per heavy atom. The molecule has 15 nitrogen and oxygen atoms in total. The molecule has 224 valence electrons. The summed E-state index contributed by atoms with van der Waals surface area (Å²) in [6, 6.07) is 0. The second-order valence-corrected chi connectivity index (χ2v) is 13.6. The van der Waals surface area contributed by atoms with Gasteiger partial charge in [-0.25, -0.2) is 14.2 Å². The molecule has 4 rings (SSSR count). The molecule has 2 saturated heterocycles. The number of carbonyl (C=O) groups is 1. The lowest BCUT2D eigenvalue weighted by molar-refractivity contribution is -0.118. The predicted octanol–water partition coefficient (Wildman–Crippen LogP) is 0.881. The second kappa shape index (κ2) is 12.2. The third-order valence-electron chi connectivity index (χ3n) is 7.20. The van der Waals surface area contributed by atoms with Gasteiger partial charge in [0, 0.05) is 24.3 Å². The molecular weight excluding hydrogens is 567 g/mol. The van der Waals surface area contributed by atoms with Crippen LogP contribution in [-0.4, -0.2) is 103 Å². The number of H-pyrrole nitrogens is 1. The fourth-order valence-electron chi connectivity index (χ4n) is 4.29. The van der Waals surface area contributed by atoms with Crippen molar-refractivity contribution in [3.8, 4) is 0 Å². The number of hydrogen-bond donors (Lipinski definition) is 4. The fraction of sp³-hybridized carbons (Fsp3) is 0.739. The normalized spacial score (nSPS) is 27.7. The van der Waals surface area contributed by atoms with E-state index in [1.807, 2.05) is 20.8 Å². The number of nitrogen functional groups attached to an aromatic ring is 1. The average Bonchev–Trinajstić information content (AvgIpc) is 3.43. The zero-order valence-electron chi connectivity index (χ0n) is 22.9. The predicted molar refractivity (Wildman–Crippen MR) is 147 cm³/mol. The van der Waals surface area contributed by atoms with Gasteiger partial charge in [-0.2, -0.15) is 4.98 Å². The Morgan fingerprint density at radius 3 is 2.75 bits per heavy atom. The van der Waals surface area contributed by atoms with Crippen molar-refractivity contribution in [1.29, 1.82) is 0 Å². The summed E-state index contributed by atoms with van der Waals surface area (Å²) in [7, 11) is -3.89. The summed E-state index contributed by atoms with van der Waals surface area (Å²) in [5, 5.41) is 22.1. The third kappa shape index (κ3) is 6.30. The fourth-order valence-corrected chi connectivity index (χ4v) is 7.01. The largest absolute Gasteiger partial charge is 0.408 e. The number of nitrogens with one attached hydrogen (secondary N) is 1. The van der Waals surface area contributed by atoms with E-state index < -0.39 is 42.8 Å². The summed E-state index contributed by atoms with van der Waals surface area (Å²) in [4.78, 5) is 35.1. The van der Waals surface area contributed by atoms with Gasteiger partial charge < -0.3 is 25.4 Å². The van der Waals surface area contributed by atoms with E-state index in [1.54, 1.807) is 0 Å². The molecule has 17 heteroatoms. The summed E-state index contributed by atoms with van der Waals surface area (Å²) in [6.07, 6.45) is -1.88. The van der Waals surface area contributed by atoms with Crippen LogP contribution in [0.4, 0.5) is 5.95 Å². The zero-order valence-corrected chi connectivity index (χ0v) is 24.7. The van der Waals surface area contributed by atoms with Crippen molar-refractivity contribution in [3.63, 3.8) is 0 Å². The molecule has 2 fully saturated rings. The first-order valence-electron chi connectivity index (χ1n) is 13.0. The summed E-state index contributed by atoms with van der Waals surface area (Å²) >= 11 is 1.11. The molecule has 0 radical (unpaired) electrons. The minimum atomic E-state index is -3.89. The van der Waals surface area contributed by atoms with Crippen LogP contribution >= 0.6 is 19.5 Å². The number of fused-ring (bicyclic) bond motifs is 1. The molecule has 5 atom stereocenters. The topological polar surface area (TPSA) is 204 Å². The molecule has 2 aromatic rings. The quantitative estimate of drug-likeness (QED) is 0.208. The van der Waals surface area contributed by atoms with Gasteiger partial charge in [-0.05, 0) is 13.3 Å². The van der Waals surface area contributed by atoms with Gasteiger partial charge in [0.15, 0.2) is 22.5 Å². The molecule has 1 unspecified atom stereocenters. The third-order valence-corrected chi connectivity index (χ3v) is 10.5. The van der Waals surface area contributed by atoms with Gasteiger partial charge in [0.25, 0.3) is 5.56 Å². The van der Waals surface area contributed by atoms with Crippen molar-refractivity contribution < 1.29 is 38.1 Å². The molecule has 0 saturated carbocycles. The SMILES string of the molecule is CCC(C)(C)C(=O)SCCOP(=O)(OC[C@H]1O[C@@H](n2cnc3c(=O)[nH]c(N)nc32)[C@](C)(O)[C@@H]1O)N1CCOCC1. The molecule has 2 aromatic heterocycles. The van der Waals surface area contributed by atoms with Crippen LogP contribution < -0.4 is 11.3 Å². The first kappa shape index (κ1) is 31.1. The standard InChI is InChI=1S/C23H37N6O9PS/c1-5-22(2,3)20(32)40-11-10-36-39(34,28-6-8-35-9-7-28)37-12-14-16(30)23(4,33)19(38-14)29-13-25-15-17(29)26-21(24)27-18(15)31/h13-14,16,19,30,33H,5-12H2,1-4H3,(H3,24,26,27,31)/t14-,16-,19-,23-,39?/m1/s1. The van der Waals surface area contributed by atoms with Gasteiger partial charge in [0.2, 0.25) is 5.95 Å². The number of aliphatic hydroxyl groups is 2. The number of morpholine rings is 1. The lowest BCUT2D eigenvalue weighted by Crippen LogP contribution is -2.44. The van der Waals surface area contributed by atoms with Crippen molar-refractivity contribution in [3.05, 3.63) is 16.7 Å². The lowest BCUT2D eigenvalue weighted by atomic mass is 9.92. The number of imidazole rings is 1. The number of nitrogens with two attached hydrogens (primary N) is 1. The van der Waals surface area contributed by atoms with Crippen molar-refractivity contribution in [2.75, 3.05) is 51.0 Å². The average molecular weight is 605 g/mol. The van der Waals surface area contributed by atoms with E-state index in [-0.39, 0.29) is 41.2 Å². The number of anilines is 1. The number of carbonyl (C=O) groups excluding carboxylic acids is 1. The number of aromatic nitrogens is 4. The number of nitrogens with zero attached hydrogens (tertiary/aromatic N) is 4. The molecule has 0 aliphatic carbocycles. The highest BCUT2D eigenvalue weighted by Gasteiger charge is 2.54. The number of thioether (sulfide) groups is 1. The Balaban J connectivity index is 1.46. The zero-order chi connectivity index (χ0) is 29.3. The van der Waals surface area contributed by atoms with Crippen molar-refractivity contribution in [2.24, 2.45) is 5.41 Å². The van der Waals surface area contributed by atoms with Gasteiger partial charge >= 0.3 is 7.75 Å². The van der Waals surface area contributed by atoms with Gasteiger partial charge in [0.1, 0.15) is 17.8 Å². The molecule has 2 aliphatic heterocycles. The molecule has 0 amide bonds. The van der Waals surface area contributed by atoms with Crippen LogP contribution in [0.5, 0.6) is 0 Å². The Bertz CT molecular complexity index is 1310. The van der Waals surface area contributed by atoms with E-state index in [0.717, 1.165) is 11.8 Å². The molecule has 4 heterocycles. The van der Waals surface area contributed by atoms with Crippen LogP contribution in [0.2, 0.25) is 0 Å². The van der Waals surface area contributed by atoms with Crippen molar-refractivity contribution in [1.82, 2.24) is 24.2 Å². The number of hydrogen-bond acceptors (Lipinski definition) is 13. The number of aromatic amines is 1. The van der Waals surface area contributed by atoms with Crippen LogP contribution in [0.25, 0.3) is 11.2 Å². The molecule has 2 aliphatic rings. The molecule has 0 aromatic carbocycles. The Kier molecular flexibility index (Phi) is 9.44. The van der Waals surface area contributed by atoms with Crippen LogP contribution in [-0.2, 0) is 27.9 Å². The highest BCUT2D eigenvalue weighted by atomic mass is 32.2. The van der Waals surface area contributed by atoms with Crippen molar-refractivity contribution in [2.45, 2.75) is 58.2 Å². The Morgan fingerprint density at radius 2 is 2.08 bits per heavy atom. The van der Waals surface area contributed by atoms with Gasteiger partial charge in [0.05, 0.1) is 32.8 Å². The van der Waals surface area contributed by atoms with E-state index in [0.29, 0.717) is 32.7 Å². The van der Waals surface area contributed by atoms with Gasteiger partial charge in [-0.15, -0.1) is 0 Å². The van der Waals surface area contributed by atoms with E-state index in [2.05, 4.69) is 15.0 Å². The first-order valence-corrected chi connectivity index (χ1v) is 15.5. The minimum absolute atomic E-state index is 0.0120. The summed E-state index contributed by atoms with van der Waals surface area (Å²) in [6.45, 7) is 7.89. The highest BCUT2D eigenvalue weighted by molar-refractivity contribution is 8.13. The maximum atomic E-state index is 13.9. The van der Waals surface area contributed by atoms with Crippen LogP contribution in [0, 0.1) is 5.41 Å². The summed E-state index contributed by atoms with van der Waals surface area (Å²) in [5.41, 5.74) is 2.80. The van der Waals surface area contributed by atoms with Crippen LogP contribution in [0.15, 0.2) is 11.1 Å². The maximum Gasteiger partial charge on any atom is 0.408 e. The van der Waals surface area contributed by atoms with Gasteiger partial charge in [-0.1, -0.05) is 32.5 Å². The summed E-state index contributed by atoms with van der Waals surface area (Å²) in [5.74, 6) is 0.126. The molecule has 5 N–H and O–H groups in total. The summed E-state index contributed by atoms with van der Waals surface area (Å²) < 4.78 is 39.6. The molecular formula is C23H37N6O9PS. The van der Waals surface area contributed by atoms with Gasteiger partial charge in [-0.3, -0.25) is 28.2 Å². The molecule has 0 spiro atoms. The first-order chi connectivity index (χ1) is 18.8. The van der Waals surface area contributed by atoms with E-state index >= 15 is 0 Å². The second-order valence-electron chi connectivity index (χ2n) is 10.5. The monoisotopic (exact) mass is 604 g/mol. The Labute approximate surface area is 235 Å². The number of aliphatic hydroxyl groups excluding tert-OH is 1. The smallest absolute Gasteiger partial charge is 0.387 e. The maximum absolute atomic E-state index is 13.9. The molecule has 0 bridgehead atoms. The lowest BCUT2D eigenvalue weighted by Gasteiger charge is -2.33. The Hall–Kier alpha value is -1.88. The van der Waals surface area contributed by atoms with Crippen LogP contribution in [0.1, 0.15) is 40.3 Å². The highest BCUT2D eigenvalue weighted by Crippen LogP contribution is 2.53.